The molecule has 2 aromatic heterocycles. The fourth-order valence-corrected chi connectivity index (χ4v) is 4.14. The Bertz CT molecular complexity index is 1120. The molecule has 34 heavy (non-hydrogen) atoms. The lowest BCUT2D eigenvalue weighted by Crippen LogP contribution is -2.27. The summed E-state index contributed by atoms with van der Waals surface area (Å²) in [6.07, 6.45) is 6.89. The number of nitrogens with zero attached hydrogens (tertiary/aromatic N) is 4. The van der Waals surface area contributed by atoms with Crippen LogP contribution < -0.4 is 20.7 Å². The summed E-state index contributed by atoms with van der Waals surface area (Å²) < 4.78 is 19.0. The van der Waals surface area contributed by atoms with E-state index in [9.17, 15) is 9.18 Å². The molecule has 0 aliphatic heterocycles. The fraction of sp³-hybridized carbons (Fsp3) is 0.333. The molecule has 1 aliphatic rings. The van der Waals surface area contributed by atoms with Crippen molar-refractivity contribution >= 4 is 30.1 Å². The number of carbonyl (C=O) groups is 1. The fourth-order valence-electron chi connectivity index (χ4n) is 4.14. The number of hydrogen-bond donors (Lipinski definition) is 2. The zero-order valence-electron chi connectivity index (χ0n) is 19.1. The highest BCUT2D eigenvalue weighted by Gasteiger charge is 2.28. The number of amides is 1. The van der Waals surface area contributed by atoms with Crippen molar-refractivity contribution < 1.29 is 13.9 Å². The summed E-state index contributed by atoms with van der Waals surface area (Å²) >= 11 is 0. The molecule has 1 saturated carbocycles. The molecule has 1 aliphatic carbocycles. The summed E-state index contributed by atoms with van der Waals surface area (Å²) in [5, 5.41) is 3.43. The molecule has 3 aromatic rings. The van der Waals surface area contributed by atoms with Crippen LogP contribution in [-0.4, -0.2) is 41.0 Å². The Morgan fingerprint density at radius 1 is 1.06 bits per heavy atom. The molecule has 3 N–H and O–H groups in total. The highest BCUT2D eigenvalue weighted by molar-refractivity contribution is 5.97. The van der Waals surface area contributed by atoms with E-state index in [1.807, 2.05) is 31.1 Å². The lowest BCUT2D eigenvalue weighted by atomic mass is 9.80. The summed E-state index contributed by atoms with van der Waals surface area (Å²) in [7, 11) is 3.88. The standard InChI is InChI=1S/C24H27FN6O2.ClH/c1-31(2)20-12-14-28-24(30-20)29-17-7-3-15(4-8-17)19-11-13-27-23(21(19)22(26)32)33-18-9-5-16(25)6-10-18;/h5-6,9-15,17H,3-4,7-8H2,1-2H3,(H2,26,32)(H,28,29,30);1H. The van der Waals surface area contributed by atoms with Crippen LogP contribution in [0.15, 0.2) is 48.8 Å². The Balaban J connectivity index is 0.00000324. The van der Waals surface area contributed by atoms with Crippen LogP contribution in [0.2, 0.25) is 0 Å². The minimum atomic E-state index is -0.593. The molecule has 4 rings (SSSR count). The smallest absolute Gasteiger partial charge is 0.254 e. The molecular weight excluding hydrogens is 459 g/mol. The number of hydrogen-bond acceptors (Lipinski definition) is 7. The van der Waals surface area contributed by atoms with Gasteiger partial charge in [-0.2, -0.15) is 4.98 Å². The number of nitrogens with one attached hydrogen (secondary N) is 1. The predicted octanol–water partition coefficient (Wildman–Crippen LogP) is 4.53. The van der Waals surface area contributed by atoms with Gasteiger partial charge in [0.05, 0.1) is 0 Å². The lowest BCUT2D eigenvalue weighted by molar-refractivity contribution is 0.0995. The summed E-state index contributed by atoms with van der Waals surface area (Å²) in [4.78, 5) is 27.3. The van der Waals surface area contributed by atoms with Crippen LogP contribution in [-0.2, 0) is 0 Å². The molecule has 10 heteroatoms. The van der Waals surface area contributed by atoms with Crippen molar-refractivity contribution in [3.05, 3.63) is 65.7 Å². The van der Waals surface area contributed by atoms with E-state index in [2.05, 4.69) is 20.3 Å². The second kappa shape index (κ2) is 11.1. The SMILES string of the molecule is CN(C)c1ccnc(NC2CCC(c3ccnc(Oc4ccc(F)cc4)c3C(N)=O)CC2)n1.Cl. The number of anilines is 2. The number of nitrogens with two attached hydrogens (primary N) is 1. The van der Waals surface area contributed by atoms with Crippen molar-refractivity contribution in [1.29, 1.82) is 0 Å². The third kappa shape index (κ3) is 5.91. The van der Waals surface area contributed by atoms with Crippen molar-refractivity contribution in [2.75, 3.05) is 24.3 Å². The molecule has 180 valence electrons. The van der Waals surface area contributed by atoms with Crippen LogP contribution in [0.4, 0.5) is 16.2 Å². The van der Waals surface area contributed by atoms with Crippen LogP contribution >= 0.6 is 12.4 Å². The Hall–Kier alpha value is -3.46. The Labute approximate surface area is 204 Å². The Kier molecular flexibility index (Phi) is 8.22. The maximum absolute atomic E-state index is 13.2. The van der Waals surface area contributed by atoms with Gasteiger partial charge in [-0.1, -0.05) is 0 Å². The van der Waals surface area contributed by atoms with Crippen LogP contribution in [0.25, 0.3) is 0 Å². The number of rotatable bonds is 7. The van der Waals surface area contributed by atoms with Gasteiger partial charge in [-0.3, -0.25) is 4.79 Å². The first kappa shape index (κ1) is 25.2. The normalized spacial score (nSPS) is 17.4. The average Bonchev–Trinajstić information content (AvgIpc) is 2.81. The number of ether oxygens (including phenoxy) is 1. The molecule has 8 nitrogen and oxygen atoms in total. The highest BCUT2D eigenvalue weighted by atomic mass is 35.5. The second-order valence-corrected chi connectivity index (χ2v) is 8.33. The first-order valence-electron chi connectivity index (χ1n) is 10.9. The predicted molar refractivity (Wildman–Crippen MR) is 131 cm³/mol. The molecule has 0 spiro atoms. The minimum Gasteiger partial charge on any atom is -0.438 e. The van der Waals surface area contributed by atoms with E-state index in [0.29, 0.717) is 11.7 Å². The van der Waals surface area contributed by atoms with E-state index in [-0.39, 0.29) is 41.6 Å². The van der Waals surface area contributed by atoms with Gasteiger partial charge in [0.2, 0.25) is 11.8 Å². The maximum Gasteiger partial charge on any atom is 0.254 e. The quantitative estimate of drug-likeness (QED) is 0.505. The number of pyridine rings is 1. The summed E-state index contributed by atoms with van der Waals surface area (Å²) in [5.74, 6) is 1.17. The van der Waals surface area contributed by atoms with Gasteiger partial charge in [-0.05, 0) is 73.6 Å². The van der Waals surface area contributed by atoms with Gasteiger partial charge in [-0.15, -0.1) is 12.4 Å². The molecule has 0 radical (unpaired) electrons. The van der Waals surface area contributed by atoms with Crippen molar-refractivity contribution in [2.45, 2.75) is 37.6 Å². The largest absolute Gasteiger partial charge is 0.438 e. The molecule has 1 amide bonds. The summed E-state index contributed by atoms with van der Waals surface area (Å²) in [6, 6.07) is 9.48. The van der Waals surface area contributed by atoms with Gasteiger partial charge in [0, 0.05) is 32.5 Å². The number of carbonyl (C=O) groups excluding carboxylic acids is 1. The van der Waals surface area contributed by atoms with Crippen molar-refractivity contribution in [3.63, 3.8) is 0 Å². The highest BCUT2D eigenvalue weighted by Crippen LogP contribution is 2.38. The van der Waals surface area contributed by atoms with Crippen molar-refractivity contribution in [2.24, 2.45) is 5.73 Å². The second-order valence-electron chi connectivity index (χ2n) is 8.33. The van der Waals surface area contributed by atoms with Crippen LogP contribution in [0.5, 0.6) is 11.6 Å². The van der Waals surface area contributed by atoms with Crippen LogP contribution in [0.1, 0.15) is 47.5 Å². The molecule has 0 unspecified atom stereocenters. The molecular formula is C24H28ClFN6O2. The van der Waals surface area contributed by atoms with Gasteiger partial charge in [0.25, 0.3) is 5.91 Å². The van der Waals surface area contributed by atoms with E-state index >= 15 is 0 Å². The molecule has 0 bridgehead atoms. The third-order valence-electron chi connectivity index (χ3n) is 5.82. The molecule has 0 saturated heterocycles. The Morgan fingerprint density at radius 2 is 1.74 bits per heavy atom. The first-order valence-corrected chi connectivity index (χ1v) is 10.9. The van der Waals surface area contributed by atoms with E-state index < -0.39 is 5.91 Å². The van der Waals surface area contributed by atoms with Gasteiger partial charge < -0.3 is 20.7 Å². The molecule has 1 aromatic carbocycles. The number of primary amides is 1. The van der Waals surface area contributed by atoms with Crippen LogP contribution in [0, 0.1) is 5.82 Å². The van der Waals surface area contributed by atoms with E-state index in [4.69, 9.17) is 10.5 Å². The zero-order valence-corrected chi connectivity index (χ0v) is 19.9. The van der Waals surface area contributed by atoms with E-state index in [1.54, 1.807) is 12.4 Å². The van der Waals surface area contributed by atoms with Gasteiger partial charge in [0.1, 0.15) is 22.9 Å². The first-order chi connectivity index (χ1) is 15.9. The molecule has 1 fully saturated rings. The third-order valence-corrected chi connectivity index (χ3v) is 5.82. The zero-order chi connectivity index (χ0) is 23.4. The van der Waals surface area contributed by atoms with Gasteiger partial charge in [0.15, 0.2) is 0 Å². The maximum atomic E-state index is 13.2. The lowest BCUT2D eigenvalue weighted by Gasteiger charge is -2.30. The Morgan fingerprint density at radius 3 is 2.38 bits per heavy atom. The van der Waals surface area contributed by atoms with E-state index in [1.165, 1.54) is 24.3 Å². The van der Waals surface area contributed by atoms with Gasteiger partial charge in [-0.25, -0.2) is 14.4 Å². The topological polar surface area (TPSA) is 106 Å². The number of halogens is 2. The van der Waals surface area contributed by atoms with Crippen molar-refractivity contribution in [3.8, 4) is 11.6 Å². The average molecular weight is 487 g/mol. The van der Waals surface area contributed by atoms with E-state index in [0.717, 1.165) is 37.1 Å². The van der Waals surface area contributed by atoms with Crippen molar-refractivity contribution in [1.82, 2.24) is 15.0 Å². The summed E-state index contributed by atoms with van der Waals surface area (Å²) in [5.41, 5.74) is 6.83. The number of aromatic nitrogens is 3. The monoisotopic (exact) mass is 486 g/mol. The minimum absolute atomic E-state index is 0. The molecule has 2 heterocycles. The molecule has 0 atom stereocenters. The van der Waals surface area contributed by atoms with Gasteiger partial charge >= 0.3 is 0 Å². The van der Waals surface area contributed by atoms with Crippen LogP contribution in [0.3, 0.4) is 0 Å². The summed E-state index contributed by atoms with van der Waals surface area (Å²) in [6.45, 7) is 0. The number of benzene rings is 1.